The van der Waals surface area contributed by atoms with Crippen molar-refractivity contribution in [2.45, 2.75) is 6.42 Å². The van der Waals surface area contributed by atoms with Gasteiger partial charge in [0.2, 0.25) is 0 Å². The number of anilines is 2. The molecule has 4 nitrogen and oxygen atoms in total. The Kier molecular flexibility index (Phi) is 4.14. The van der Waals surface area contributed by atoms with Crippen LogP contribution in [-0.4, -0.2) is 23.6 Å². The molecule has 0 saturated carbocycles. The maximum Gasteiger partial charge on any atom is 0.144 e. The van der Waals surface area contributed by atoms with Crippen LogP contribution in [0.15, 0.2) is 67.0 Å². The predicted octanol–water partition coefficient (Wildman–Crippen LogP) is 5.65. The molecular formula is C23H18ClN3O. The fraction of sp³-hybridized carbons (Fsp3) is 0.130. The van der Waals surface area contributed by atoms with Crippen molar-refractivity contribution < 1.29 is 4.74 Å². The largest absolute Gasteiger partial charge is 0.496 e. The topological polar surface area (TPSA) is 38.3 Å². The van der Waals surface area contributed by atoms with Crippen molar-refractivity contribution in [3.05, 3.63) is 77.6 Å². The fourth-order valence-corrected chi connectivity index (χ4v) is 4.04. The van der Waals surface area contributed by atoms with Gasteiger partial charge < -0.3 is 9.64 Å². The van der Waals surface area contributed by atoms with Crippen LogP contribution >= 0.6 is 11.6 Å². The van der Waals surface area contributed by atoms with Gasteiger partial charge >= 0.3 is 0 Å². The van der Waals surface area contributed by atoms with Crippen LogP contribution in [0.5, 0.6) is 5.75 Å². The van der Waals surface area contributed by atoms with Gasteiger partial charge in [0.05, 0.1) is 12.6 Å². The van der Waals surface area contributed by atoms with Crippen LogP contribution in [0.2, 0.25) is 5.02 Å². The highest BCUT2D eigenvalue weighted by Gasteiger charge is 2.24. The van der Waals surface area contributed by atoms with Gasteiger partial charge in [-0.1, -0.05) is 48.0 Å². The van der Waals surface area contributed by atoms with Crippen molar-refractivity contribution in [2.24, 2.45) is 0 Å². The molecule has 4 aromatic rings. The standard InChI is InChI=1S/C23H18ClN3O/c1-28-22-13-20-19(12-18(22)15-5-3-2-4-6-15)23(26-14-25-20)27-10-9-16-7-8-17(24)11-21(16)27/h2-8,11-14H,9-10H2,1H3. The summed E-state index contributed by atoms with van der Waals surface area (Å²) in [5.41, 5.74) is 5.38. The van der Waals surface area contributed by atoms with Crippen LogP contribution in [0.1, 0.15) is 5.56 Å². The van der Waals surface area contributed by atoms with Crippen molar-refractivity contribution in [3.63, 3.8) is 0 Å². The number of methoxy groups -OCH3 is 1. The average Bonchev–Trinajstić information content (AvgIpc) is 3.15. The minimum absolute atomic E-state index is 0.732. The van der Waals surface area contributed by atoms with Crippen LogP contribution < -0.4 is 9.64 Å². The molecule has 0 unspecified atom stereocenters. The van der Waals surface area contributed by atoms with Crippen molar-refractivity contribution in [3.8, 4) is 16.9 Å². The minimum Gasteiger partial charge on any atom is -0.496 e. The highest BCUT2D eigenvalue weighted by Crippen LogP contribution is 2.41. The van der Waals surface area contributed by atoms with E-state index in [1.54, 1.807) is 13.4 Å². The molecule has 0 saturated heterocycles. The van der Waals surface area contributed by atoms with Crippen LogP contribution in [0, 0.1) is 0 Å². The van der Waals surface area contributed by atoms with E-state index in [1.807, 2.05) is 36.4 Å². The van der Waals surface area contributed by atoms with E-state index in [0.29, 0.717) is 0 Å². The summed E-state index contributed by atoms with van der Waals surface area (Å²) in [5, 5.41) is 1.73. The Balaban J connectivity index is 1.73. The summed E-state index contributed by atoms with van der Waals surface area (Å²) in [4.78, 5) is 11.4. The molecule has 0 aliphatic carbocycles. The zero-order valence-electron chi connectivity index (χ0n) is 15.4. The lowest BCUT2D eigenvalue weighted by Crippen LogP contribution is -2.15. The number of rotatable bonds is 3. The fourth-order valence-electron chi connectivity index (χ4n) is 3.87. The lowest BCUT2D eigenvalue weighted by molar-refractivity contribution is 0.417. The summed E-state index contributed by atoms with van der Waals surface area (Å²) in [6.07, 6.45) is 2.58. The van der Waals surface area contributed by atoms with E-state index < -0.39 is 0 Å². The normalized spacial score (nSPS) is 13.0. The first-order valence-corrected chi connectivity index (χ1v) is 9.56. The predicted molar refractivity (Wildman–Crippen MR) is 114 cm³/mol. The highest BCUT2D eigenvalue weighted by molar-refractivity contribution is 6.31. The summed E-state index contributed by atoms with van der Waals surface area (Å²) in [5.74, 6) is 1.69. The first kappa shape index (κ1) is 17.0. The van der Waals surface area contributed by atoms with E-state index in [9.17, 15) is 0 Å². The number of halogens is 1. The lowest BCUT2D eigenvalue weighted by atomic mass is 10.0. The first-order chi connectivity index (χ1) is 13.7. The molecule has 5 rings (SSSR count). The Morgan fingerprint density at radius 3 is 2.68 bits per heavy atom. The molecule has 1 aromatic heterocycles. The molecular weight excluding hydrogens is 370 g/mol. The van der Waals surface area contributed by atoms with Gasteiger partial charge in [0.15, 0.2) is 0 Å². The van der Waals surface area contributed by atoms with E-state index >= 15 is 0 Å². The molecule has 1 aliphatic heterocycles. The van der Waals surface area contributed by atoms with E-state index in [4.69, 9.17) is 16.3 Å². The molecule has 0 bridgehead atoms. The smallest absolute Gasteiger partial charge is 0.144 e. The summed E-state index contributed by atoms with van der Waals surface area (Å²) < 4.78 is 5.65. The minimum atomic E-state index is 0.732. The second-order valence-electron chi connectivity index (χ2n) is 6.81. The molecule has 1 aliphatic rings. The van der Waals surface area contributed by atoms with Crippen LogP contribution in [0.3, 0.4) is 0 Å². The Hall–Kier alpha value is -3.11. The summed E-state index contributed by atoms with van der Waals surface area (Å²) in [7, 11) is 1.69. The molecule has 0 radical (unpaired) electrons. The monoisotopic (exact) mass is 387 g/mol. The number of ether oxygens (including phenoxy) is 1. The molecule has 3 aromatic carbocycles. The third kappa shape index (κ3) is 2.77. The van der Waals surface area contributed by atoms with Gasteiger partial charge in [0, 0.05) is 34.3 Å². The van der Waals surface area contributed by atoms with Crippen LogP contribution in [-0.2, 0) is 6.42 Å². The maximum atomic E-state index is 6.26. The van der Waals surface area contributed by atoms with Crippen molar-refractivity contribution >= 4 is 34.0 Å². The van der Waals surface area contributed by atoms with Crippen molar-refractivity contribution in [1.82, 2.24) is 9.97 Å². The third-order valence-electron chi connectivity index (χ3n) is 5.22. The first-order valence-electron chi connectivity index (χ1n) is 9.19. The Bertz CT molecular complexity index is 1180. The quantitative estimate of drug-likeness (QED) is 0.455. The number of nitrogens with zero attached hydrogens (tertiary/aromatic N) is 3. The molecule has 0 fully saturated rings. The third-order valence-corrected chi connectivity index (χ3v) is 5.45. The zero-order chi connectivity index (χ0) is 19.1. The van der Waals surface area contributed by atoms with Crippen molar-refractivity contribution in [2.75, 3.05) is 18.6 Å². The molecule has 0 atom stereocenters. The maximum absolute atomic E-state index is 6.26. The number of aromatic nitrogens is 2. The number of fused-ring (bicyclic) bond motifs is 2. The molecule has 2 heterocycles. The molecule has 5 heteroatoms. The molecule has 0 amide bonds. The summed E-state index contributed by atoms with van der Waals surface area (Å²) in [6.45, 7) is 0.870. The second kappa shape index (κ2) is 6.80. The second-order valence-corrected chi connectivity index (χ2v) is 7.24. The van der Waals surface area contributed by atoms with Crippen LogP contribution in [0.25, 0.3) is 22.0 Å². The van der Waals surface area contributed by atoms with E-state index in [2.05, 4.69) is 39.1 Å². The average molecular weight is 388 g/mol. The lowest BCUT2D eigenvalue weighted by Gasteiger charge is -2.21. The zero-order valence-corrected chi connectivity index (χ0v) is 16.1. The van der Waals surface area contributed by atoms with Gasteiger partial charge in [0.25, 0.3) is 0 Å². The van der Waals surface area contributed by atoms with Gasteiger partial charge in [-0.2, -0.15) is 0 Å². The molecule has 28 heavy (non-hydrogen) atoms. The summed E-state index contributed by atoms with van der Waals surface area (Å²) in [6, 6.07) is 20.4. The number of hydrogen-bond acceptors (Lipinski definition) is 4. The van der Waals surface area contributed by atoms with Gasteiger partial charge in [-0.25, -0.2) is 9.97 Å². The van der Waals surface area contributed by atoms with Gasteiger partial charge in [-0.15, -0.1) is 0 Å². The summed E-state index contributed by atoms with van der Waals surface area (Å²) >= 11 is 6.26. The SMILES string of the molecule is COc1cc2ncnc(N3CCc4ccc(Cl)cc43)c2cc1-c1ccccc1. The van der Waals surface area contributed by atoms with E-state index in [-0.39, 0.29) is 0 Å². The van der Waals surface area contributed by atoms with Gasteiger partial charge in [-0.05, 0) is 35.7 Å². The molecule has 0 N–H and O–H groups in total. The van der Waals surface area contributed by atoms with E-state index in [0.717, 1.165) is 57.3 Å². The molecule has 138 valence electrons. The Morgan fingerprint density at radius 2 is 1.86 bits per heavy atom. The Labute approximate surface area is 168 Å². The Morgan fingerprint density at radius 1 is 1.00 bits per heavy atom. The van der Waals surface area contributed by atoms with Gasteiger partial charge in [-0.3, -0.25) is 0 Å². The van der Waals surface area contributed by atoms with Crippen molar-refractivity contribution in [1.29, 1.82) is 0 Å². The number of hydrogen-bond donors (Lipinski definition) is 0. The van der Waals surface area contributed by atoms with Gasteiger partial charge in [0.1, 0.15) is 17.9 Å². The molecule has 0 spiro atoms. The van der Waals surface area contributed by atoms with Crippen LogP contribution in [0.4, 0.5) is 11.5 Å². The van der Waals surface area contributed by atoms with E-state index in [1.165, 1.54) is 5.56 Å². The highest BCUT2D eigenvalue weighted by atomic mass is 35.5. The number of benzene rings is 3.